The lowest BCUT2D eigenvalue weighted by Gasteiger charge is -2.19. The van der Waals surface area contributed by atoms with E-state index in [4.69, 9.17) is 0 Å². The lowest BCUT2D eigenvalue weighted by molar-refractivity contribution is -0.317. The first-order valence-corrected chi connectivity index (χ1v) is 4.54. The fourth-order valence-electron chi connectivity index (χ4n) is 1.38. The van der Waals surface area contributed by atoms with Crippen molar-refractivity contribution in [3.63, 3.8) is 0 Å². The summed E-state index contributed by atoms with van der Waals surface area (Å²) in [5, 5.41) is 22.0. The van der Waals surface area contributed by atoms with Gasteiger partial charge in [0.05, 0.1) is 0 Å². The van der Waals surface area contributed by atoms with Crippen LogP contribution in [0.2, 0.25) is 0 Å². The van der Waals surface area contributed by atoms with Crippen LogP contribution in [-0.2, 0) is 9.59 Å². The van der Waals surface area contributed by atoms with E-state index in [1.165, 1.54) is 12.1 Å². The highest BCUT2D eigenvalue weighted by molar-refractivity contribution is 6.48. The molecule has 4 nitrogen and oxygen atoms in total. The number of hydrogen-bond acceptors (Lipinski definition) is 4. The molecule has 0 saturated carbocycles. The van der Waals surface area contributed by atoms with Crippen molar-refractivity contribution in [2.45, 2.75) is 0 Å². The van der Waals surface area contributed by atoms with Crippen molar-refractivity contribution in [1.29, 1.82) is 0 Å². The molecule has 0 amide bonds. The molecule has 1 aliphatic carbocycles. The highest BCUT2D eigenvalue weighted by atomic mass is 16.3. The van der Waals surface area contributed by atoms with Crippen LogP contribution in [-0.4, -0.2) is 11.6 Å². The molecule has 0 radical (unpaired) electrons. The van der Waals surface area contributed by atoms with Crippen LogP contribution in [0.3, 0.4) is 0 Å². The maximum Gasteiger partial charge on any atom is 0.226 e. The SMILES string of the molecule is O=C1C=CC(c2ccc([O-])c([O-])c2)=CC1=O. The molecule has 1 aliphatic rings. The van der Waals surface area contributed by atoms with Gasteiger partial charge < -0.3 is 10.2 Å². The molecule has 0 spiro atoms. The number of carbonyl (C=O) groups is 2. The molecule has 4 heteroatoms. The third-order valence-corrected chi connectivity index (χ3v) is 2.22. The van der Waals surface area contributed by atoms with E-state index in [-0.39, 0.29) is 0 Å². The molecule has 1 aromatic carbocycles. The van der Waals surface area contributed by atoms with Crippen molar-refractivity contribution in [3.8, 4) is 11.5 Å². The Kier molecular flexibility index (Phi) is 2.32. The Morgan fingerprint density at radius 1 is 0.875 bits per heavy atom. The highest BCUT2D eigenvalue weighted by Crippen LogP contribution is 2.26. The van der Waals surface area contributed by atoms with Gasteiger partial charge in [0.1, 0.15) is 0 Å². The van der Waals surface area contributed by atoms with E-state index in [1.54, 1.807) is 0 Å². The van der Waals surface area contributed by atoms with Gasteiger partial charge in [-0.25, -0.2) is 0 Å². The average Bonchev–Trinajstić information content (AvgIpc) is 2.26. The van der Waals surface area contributed by atoms with Crippen LogP contribution in [0.25, 0.3) is 5.57 Å². The lowest BCUT2D eigenvalue weighted by atomic mass is 9.98. The van der Waals surface area contributed by atoms with Gasteiger partial charge in [-0.1, -0.05) is 24.3 Å². The molecule has 2 rings (SSSR count). The van der Waals surface area contributed by atoms with Crippen LogP contribution >= 0.6 is 0 Å². The van der Waals surface area contributed by atoms with Crippen LogP contribution in [0, 0.1) is 0 Å². The summed E-state index contributed by atoms with van der Waals surface area (Å²) < 4.78 is 0. The predicted molar refractivity (Wildman–Crippen MR) is 52.5 cm³/mol. The summed E-state index contributed by atoms with van der Waals surface area (Å²) in [7, 11) is 0. The molecular weight excluding hydrogens is 208 g/mol. The first-order chi connectivity index (χ1) is 7.58. The number of benzene rings is 1. The van der Waals surface area contributed by atoms with Crippen LogP contribution in [0.15, 0.2) is 36.4 Å². The van der Waals surface area contributed by atoms with Gasteiger partial charge in [0.2, 0.25) is 11.6 Å². The van der Waals surface area contributed by atoms with E-state index in [9.17, 15) is 19.8 Å². The van der Waals surface area contributed by atoms with E-state index in [0.717, 1.165) is 24.3 Å². The summed E-state index contributed by atoms with van der Waals surface area (Å²) in [6, 6.07) is 3.75. The molecule has 0 N–H and O–H groups in total. The molecule has 0 fully saturated rings. The normalized spacial score (nSPS) is 15.1. The Labute approximate surface area is 91.1 Å². The van der Waals surface area contributed by atoms with Crippen molar-refractivity contribution < 1.29 is 19.8 Å². The van der Waals surface area contributed by atoms with Crippen molar-refractivity contribution >= 4 is 17.1 Å². The summed E-state index contributed by atoms with van der Waals surface area (Å²) in [6.45, 7) is 0. The Morgan fingerprint density at radius 2 is 1.62 bits per heavy atom. The monoisotopic (exact) mass is 214 g/mol. The Balaban J connectivity index is 2.43. The Morgan fingerprint density at radius 3 is 2.25 bits per heavy atom. The van der Waals surface area contributed by atoms with Crippen LogP contribution in [0.4, 0.5) is 0 Å². The van der Waals surface area contributed by atoms with Crippen LogP contribution < -0.4 is 10.2 Å². The molecule has 0 aromatic heterocycles. The maximum absolute atomic E-state index is 11.1. The number of hydrogen-bond donors (Lipinski definition) is 0. The quantitative estimate of drug-likeness (QED) is 0.484. The standard InChI is InChI=1S/C12H8O4/c13-9-3-1-7(5-11(9)15)8-2-4-10(14)12(16)6-8/h1-6,13,15H/p-2. The maximum atomic E-state index is 11.1. The van der Waals surface area contributed by atoms with Crippen molar-refractivity contribution in [1.82, 2.24) is 0 Å². The zero-order valence-electron chi connectivity index (χ0n) is 8.10. The zero-order valence-corrected chi connectivity index (χ0v) is 8.10. The number of rotatable bonds is 1. The van der Waals surface area contributed by atoms with E-state index < -0.39 is 23.1 Å². The summed E-state index contributed by atoms with van der Waals surface area (Å²) in [5.74, 6) is -2.44. The van der Waals surface area contributed by atoms with E-state index in [2.05, 4.69) is 0 Å². The van der Waals surface area contributed by atoms with E-state index in [1.807, 2.05) is 0 Å². The van der Waals surface area contributed by atoms with Crippen molar-refractivity contribution in [3.05, 3.63) is 42.0 Å². The molecule has 0 unspecified atom stereocenters. The third kappa shape index (κ3) is 1.72. The summed E-state index contributed by atoms with van der Waals surface area (Å²) >= 11 is 0. The van der Waals surface area contributed by atoms with Crippen LogP contribution in [0.5, 0.6) is 11.5 Å². The third-order valence-electron chi connectivity index (χ3n) is 2.22. The highest BCUT2D eigenvalue weighted by Gasteiger charge is 2.13. The summed E-state index contributed by atoms with van der Waals surface area (Å²) in [6.07, 6.45) is 3.75. The largest absolute Gasteiger partial charge is 0.873 e. The Bertz CT molecular complexity index is 538. The zero-order chi connectivity index (χ0) is 11.7. The fraction of sp³-hybridized carbons (Fsp3) is 0. The minimum absolute atomic E-state index is 0.460. The molecule has 0 heterocycles. The first kappa shape index (κ1) is 10.2. The number of ketones is 2. The van der Waals surface area contributed by atoms with E-state index in [0.29, 0.717) is 11.1 Å². The van der Waals surface area contributed by atoms with Gasteiger partial charge in [-0.15, -0.1) is 11.5 Å². The minimum Gasteiger partial charge on any atom is -0.873 e. The van der Waals surface area contributed by atoms with Gasteiger partial charge in [-0.2, -0.15) is 0 Å². The van der Waals surface area contributed by atoms with Gasteiger partial charge >= 0.3 is 0 Å². The molecule has 0 atom stereocenters. The summed E-state index contributed by atoms with van der Waals surface area (Å²) in [4.78, 5) is 22.0. The molecule has 80 valence electrons. The number of allylic oxidation sites excluding steroid dienone is 4. The average molecular weight is 214 g/mol. The minimum atomic E-state index is -0.629. The topological polar surface area (TPSA) is 80.3 Å². The second kappa shape index (κ2) is 3.66. The van der Waals surface area contributed by atoms with Gasteiger partial charge in [-0.3, -0.25) is 9.59 Å². The van der Waals surface area contributed by atoms with Crippen LogP contribution in [0.1, 0.15) is 5.56 Å². The van der Waals surface area contributed by atoms with Gasteiger partial charge in [0.25, 0.3) is 0 Å². The Hall–Kier alpha value is -2.36. The molecular formula is C12H6O4-2. The molecule has 16 heavy (non-hydrogen) atoms. The van der Waals surface area contributed by atoms with Crippen molar-refractivity contribution in [2.75, 3.05) is 0 Å². The molecule has 0 bridgehead atoms. The van der Waals surface area contributed by atoms with Gasteiger partial charge in [0, 0.05) is 0 Å². The number of carbonyl (C=O) groups excluding carboxylic acids is 2. The molecule has 0 saturated heterocycles. The van der Waals surface area contributed by atoms with E-state index >= 15 is 0 Å². The molecule has 0 aliphatic heterocycles. The van der Waals surface area contributed by atoms with Crippen molar-refractivity contribution in [2.24, 2.45) is 0 Å². The molecule has 1 aromatic rings. The second-order valence-corrected chi connectivity index (χ2v) is 3.32. The van der Waals surface area contributed by atoms with Gasteiger partial charge in [-0.05, 0) is 23.3 Å². The fourth-order valence-corrected chi connectivity index (χ4v) is 1.38. The first-order valence-electron chi connectivity index (χ1n) is 4.54. The lowest BCUT2D eigenvalue weighted by Crippen LogP contribution is -2.11. The smallest absolute Gasteiger partial charge is 0.226 e. The predicted octanol–water partition coefficient (Wildman–Crippen LogP) is -0.0748. The van der Waals surface area contributed by atoms with Gasteiger partial charge in [0.15, 0.2) is 0 Å². The summed E-state index contributed by atoms with van der Waals surface area (Å²) in [5.41, 5.74) is 0.920. The second-order valence-electron chi connectivity index (χ2n) is 3.32.